The summed E-state index contributed by atoms with van der Waals surface area (Å²) in [6, 6.07) is 7.40. The van der Waals surface area contributed by atoms with Crippen molar-refractivity contribution in [2.75, 3.05) is 32.1 Å². The third-order valence-electron chi connectivity index (χ3n) is 4.77. The van der Waals surface area contributed by atoms with E-state index in [0.717, 1.165) is 30.8 Å². The first-order valence-electron chi connectivity index (χ1n) is 9.38. The van der Waals surface area contributed by atoms with Crippen LogP contribution in [0.15, 0.2) is 24.3 Å². The lowest BCUT2D eigenvalue weighted by molar-refractivity contribution is 0.0947. The fraction of sp³-hybridized carbons (Fsp3) is 0.474. The maximum atomic E-state index is 12.3. The minimum absolute atomic E-state index is 0.145. The van der Waals surface area contributed by atoms with Crippen LogP contribution in [0.5, 0.6) is 5.75 Å². The molecule has 0 unspecified atom stereocenters. The summed E-state index contributed by atoms with van der Waals surface area (Å²) in [6.45, 7) is 5.03. The Morgan fingerprint density at radius 3 is 2.43 bits per heavy atom. The topological polar surface area (TPSA) is 96.5 Å². The van der Waals surface area contributed by atoms with Crippen LogP contribution >= 0.6 is 11.3 Å². The lowest BCUT2D eigenvalue weighted by Gasteiger charge is -2.23. The van der Waals surface area contributed by atoms with Crippen LogP contribution in [0.25, 0.3) is 0 Å². The zero-order valence-corrected chi connectivity index (χ0v) is 16.9. The van der Waals surface area contributed by atoms with Crippen LogP contribution in [-0.4, -0.2) is 59.7 Å². The summed E-state index contributed by atoms with van der Waals surface area (Å²) in [5.74, 6) is 0.00547. The Bertz CT molecular complexity index is 802. The maximum Gasteiger partial charge on any atom is 0.286 e. The summed E-state index contributed by atoms with van der Waals surface area (Å²) in [5, 5.41) is 13.6. The average molecular weight is 404 g/mol. The van der Waals surface area contributed by atoms with Crippen molar-refractivity contribution in [3.05, 3.63) is 34.3 Å². The van der Waals surface area contributed by atoms with Crippen molar-refractivity contribution in [3.63, 3.8) is 0 Å². The Morgan fingerprint density at radius 1 is 1.14 bits per heavy atom. The molecule has 0 bridgehead atoms. The van der Waals surface area contributed by atoms with Crippen LogP contribution in [0, 0.1) is 0 Å². The zero-order chi connectivity index (χ0) is 19.9. The van der Waals surface area contributed by atoms with E-state index in [1.54, 1.807) is 31.4 Å². The SMILES string of the molecule is COc1ccc(NC(=O)c2nnc(C(=O)NCC[C@@H](C)N3CCCC3)s2)cc1. The Morgan fingerprint density at radius 2 is 1.79 bits per heavy atom. The van der Waals surface area contributed by atoms with E-state index in [-0.39, 0.29) is 15.9 Å². The fourth-order valence-corrected chi connectivity index (χ4v) is 3.76. The zero-order valence-electron chi connectivity index (χ0n) is 16.1. The molecule has 2 amide bonds. The highest BCUT2D eigenvalue weighted by Crippen LogP contribution is 2.17. The molecule has 0 aliphatic carbocycles. The first-order valence-corrected chi connectivity index (χ1v) is 10.2. The van der Waals surface area contributed by atoms with E-state index in [1.165, 1.54) is 12.8 Å². The van der Waals surface area contributed by atoms with Crippen molar-refractivity contribution in [2.24, 2.45) is 0 Å². The van der Waals surface area contributed by atoms with Crippen molar-refractivity contribution in [1.29, 1.82) is 0 Å². The molecule has 1 saturated heterocycles. The molecule has 28 heavy (non-hydrogen) atoms. The van der Waals surface area contributed by atoms with Crippen molar-refractivity contribution >= 4 is 28.8 Å². The molecular weight excluding hydrogens is 378 g/mol. The van der Waals surface area contributed by atoms with Crippen molar-refractivity contribution in [1.82, 2.24) is 20.4 Å². The Labute approximate surface area is 168 Å². The van der Waals surface area contributed by atoms with Gasteiger partial charge in [-0.25, -0.2) is 0 Å². The molecule has 0 saturated carbocycles. The number of ether oxygens (including phenoxy) is 1. The molecule has 1 atom stereocenters. The second-order valence-electron chi connectivity index (χ2n) is 6.73. The van der Waals surface area contributed by atoms with Gasteiger partial charge in [0, 0.05) is 18.3 Å². The van der Waals surface area contributed by atoms with E-state index in [1.807, 2.05) is 0 Å². The highest BCUT2D eigenvalue weighted by atomic mass is 32.1. The summed E-state index contributed by atoms with van der Waals surface area (Å²) < 4.78 is 5.08. The number of aromatic nitrogens is 2. The minimum Gasteiger partial charge on any atom is -0.497 e. The maximum absolute atomic E-state index is 12.3. The summed E-state index contributed by atoms with van der Waals surface area (Å²) in [5.41, 5.74) is 0.614. The number of amides is 2. The predicted octanol–water partition coefficient (Wildman–Crippen LogP) is 2.40. The number of hydrogen-bond donors (Lipinski definition) is 2. The van der Waals surface area contributed by atoms with Gasteiger partial charge in [-0.05, 0) is 63.5 Å². The van der Waals surface area contributed by atoms with E-state index in [4.69, 9.17) is 4.74 Å². The van der Waals surface area contributed by atoms with Crippen molar-refractivity contribution < 1.29 is 14.3 Å². The Kier molecular flexibility index (Phi) is 6.94. The third-order valence-corrected chi connectivity index (χ3v) is 5.69. The molecule has 1 aromatic heterocycles. The van der Waals surface area contributed by atoms with Crippen LogP contribution in [0.4, 0.5) is 5.69 Å². The Hall–Kier alpha value is -2.52. The van der Waals surface area contributed by atoms with Crippen LogP contribution < -0.4 is 15.4 Å². The molecule has 1 fully saturated rings. The highest BCUT2D eigenvalue weighted by molar-refractivity contribution is 7.15. The summed E-state index contributed by atoms with van der Waals surface area (Å²) in [7, 11) is 1.58. The van der Waals surface area contributed by atoms with Crippen LogP contribution in [-0.2, 0) is 0 Å². The normalized spacial score (nSPS) is 15.2. The molecule has 3 rings (SSSR count). The van der Waals surface area contributed by atoms with Crippen LogP contribution in [0.2, 0.25) is 0 Å². The van der Waals surface area contributed by atoms with Gasteiger partial charge >= 0.3 is 0 Å². The molecule has 1 aromatic carbocycles. The predicted molar refractivity (Wildman–Crippen MR) is 108 cm³/mol. The minimum atomic E-state index is -0.399. The molecule has 8 nitrogen and oxygen atoms in total. The number of carbonyl (C=O) groups is 2. The fourth-order valence-electron chi connectivity index (χ4n) is 3.10. The van der Waals surface area contributed by atoms with Crippen molar-refractivity contribution in [3.8, 4) is 5.75 Å². The number of hydrogen-bond acceptors (Lipinski definition) is 7. The summed E-state index contributed by atoms with van der Waals surface area (Å²) >= 11 is 0.979. The van der Waals surface area contributed by atoms with Crippen molar-refractivity contribution in [2.45, 2.75) is 32.2 Å². The summed E-state index contributed by atoms with van der Waals surface area (Å²) in [6.07, 6.45) is 3.39. The number of nitrogens with one attached hydrogen (secondary N) is 2. The molecule has 2 N–H and O–H groups in total. The second-order valence-corrected chi connectivity index (χ2v) is 7.71. The molecule has 2 aromatic rings. The third kappa shape index (κ3) is 5.26. The largest absolute Gasteiger partial charge is 0.497 e. The lowest BCUT2D eigenvalue weighted by atomic mass is 10.2. The molecule has 9 heteroatoms. The standard InChI is InChI=1S/C19H25N5O3S/c1-13(24-11-3-4-12-24)9-10-20-16(25)18-22-23-19(28-18)17(26)21-14-5-7-15(27-2)8-6-14/h5-8,13H,3-4,9-12H2,1-2H3,(H,20,25)(H,21,26)/t13-/m1/s1. The van der Waals surface area contributed by atoms with E-state index < -0.39 is 5.91 Å². The van der Waals surface area contributed by atoms with Gasteiger partial charge in [0.1, 0.15) is 5.75 Å². The molecule has 0 radical (unpaired) electrons. The first kappa shape index (κ1) is 20.2. The van der Waals surface area contributed by atoms with E-state index >= 15 is 0 Å². The van der Waals surface area contributed by atoms with Crippen LogP contribution in [0.1, 0.15) is 45.8 Å². The molecular formula is C19H25N5O3S. The van der Waals surface area contributed by atoms with Gasteiger partial charge < -0.3 is 20.3 Å². The number of carbonyl (C=O) groups excluding carboxylic acids is 2. The number of rotatable bonds is 8. The Balaban J connectivity index is 1.47. The van der Waals surface area contributed by atoms with E-state index in [9.17, 15) is 9.59 Å². The summed E-state index contributed by atoms with van der Waals surface area (Å²) in [4.78, 5) is 27.0. The van der Waals surface area contributed by atoms with Gasteiger partial charge in [-0.2, -0.15) is 0 Å². The number of methoxy groups -OCH3 is 1. The number of benzene rings is 1. The van der Waals surface area contributed by atoms with Gasteiger partial charge in [-0.1, -0.05) is 11.3 Å². The van der Waals surface area contributed by atoms with Gasteiger partial charge in [0.2, 0.25) is 10.0 Å². The van der Waals surface area contributed by atoms with Crippen LogP contribution in [0.3, 0.4) is 0 Å². The molecule has 2 heterocycles. The van der Waals surface area contributed by atoms with Gasteiger partial charge in [0.05, 0.1) is 7.11 Å². The molecule has 0 spiro atoms. The van der Waals surface area contributed by atoms with Gasteiger partial charge in [-0.15, -0.1) is 10.2 Å². The highest BCUT2D eigenvalue weighted by Gasteiger charge is 2.20. The first-order chi connectivity index (χ1) is 13.6. The number of likely N-dealkylation sites (tertiary alicyclic amines) is 1. The monoisotopic (exact) mass is 403 g/mol. The molecule has 1 aliphatic heterocycles. The molecule has 150 valence electrons. The number of nitrogens with zero attached hydrogens (tertiary/aromatic N) is 3. The number of anilines is 1. The van der Waals surface area contributed by atoms with Gasteiger partial charge in [-0.3, -0.25) is 9.59 Å². The average Bonchev–Trinajstić information content (AvgIpc) is 3.40. The van der Waals surface area contributed by atoms with E-state index in [2.05, 4.69) is 32.7 Å². The van der Waals surface area contributed by atoms with Gasteiger partial charge in [0.25, 0.3) is 11.8 Å². The second kappa shape index (κ2) is 9.61. The molecule has 1 aliphatic rings. The quantitative estimate of drug-likeness (QED) is 0.703. The van der Waals surface area contributed by atoms with Gasteiger partial charge in [0.15, 0.2) is 0 Å². The van der Waals surface area contributed by atoms with E-state index in [0.29, 0.717) is 24.0 Å². The smallest absolute Gasteiger partial charge is 0.286 e. The lowest BCUT2D eigenvalue weighted by Crippen LogP contribution is -2.34.